The Labute approximate surface area is 188 Å². The van der Waals surface area contributed by atoms with E-state index in [9.17, 15) is 4.79 Å². The molecule has 2 aromatic carbocycles. The van der Waals surface area contributed by atoms with Crippen molar-refractivity contribution >= 4 is 29.0 Å². The number of amides is 1. The zero-order valence-corrected chi connectivity index (χ0v) is 18.7. The molecular weight excluding hydrogens is 430 g/mol. The zero-order valence-electron chi connectivity index (χ0n) is 17.1. The summed E-state index contributed by atoms with van der Waals surface area (Å²) in [6.07, 6.45) is 0. The molecule has 0 spiro atoms. The standard InChI is InChI=1S/C22H21N5O2S2/c1-15-24-19(14-30-15)21(28)23-12-20-25-26-22(31-13-16-6-4-3-5-7-16)27(20)17-8-10-18(29-2)11-9-17/h3-11,14H,12-13H2,1-2H3,(H,23,28). The van der Waals surface area contributed by atoms with E-state index in [0.29, 0.717) is 11.5 Å². The summed E-state index contributed by atoms with van der Waals surface area (Å²) in [7, 11) is 1.63. The monoisotopic (exact) mass is 451 g/mol. The lowest BCUT2D eigenvalue weighted by Crippen LogP contribution is -2.25. The molecule has 1 N–H and O–H groups in total. The number of carbonyl (C=O) groups is 1. The van der Waals surface area contributed by atoms with Crippen LogP contribution in [0.25, 0.3) is 5.69 Å². The average molecular weight is 452 g/mol. The van der Waals surface area contributed by atoms with Gasteiger partial charge in [0, 0.05) is 16.8 Å². The van der Waals surface area contributed by atoms with Gasteiger partial charge in [-0.15, -0.1) is 21.5 Å². The molecule has 158 valence electrons. The number of thioether (sulfide) groups is 1. The minimum Gasteiger partial charge on any atom is -0.497 e. The Morgan fingerprint density at radius 1 is 1.13 bits per heavy atom. The van der Waals surface area contributed by atoms with E-state index in [2.05, 4.69) is 32.6 Å². The fourth-order valence-corrected chi connectivity index (χ4v) is 4.46. The predicted molar refractivity (Wildman–Crippen MR) is 122 cm³/mol. The number of aromatic nitrogens is 4. The zero-order chi connectivity index (χ0) is 21.6. The third-order valence-electron chi connectivity index (χ3n) is 4.50. The van der Waals surface area contributed by atoms with Crippen molar-refractivity contribution in [3.8, 4) is 11.4 Å². The van der Waals surface area contributed by atoms with Gasteiger partial charge in [0.1, 0.15) is 11.4 Å². The molecule has 4 aromatic rings. The number of aryl methyl sites for hydroxylation is 1. The summed E-state index contributed by atoms with van der Waals surface area (Å²) in [5.41, 5.74) is 2.51. The van der Waals surface area contributed by atoms with Crippen molar-refractivity contribution in [2.75, 3.05) is 7.11 Å². The lowest BCUT2D eigenvalue weighted by molar-refractivity contribution is 0.0945. The third kappa shape index (κ3) is 5.12. The topological polar surface area (TPSA) is 81.9 Å². The number of thiazole rings is 1. The lowest BCUT2D eigenvalue weighted by Gasteiger charge is -2.11. The first-order valence-electron chi connectivity index (χ1n) is 9.60. The molecule has 0 atom stereocenters. The van der Waals surface area contributed by atoms with Gasteiger partial charge in [0.25, 0.3) is 5.91 Å². The first-order chi connectivity index (χ1) is 15.1. The summed E-state index contributed by atoms with van der Waals surface area (Å²) < 4.78 is 7.23. The summed E-state index contributed by atoms with van der Waals surface area (Å²) >= 11 is 3.04. The van der Waals surface area contributed by atoms with E-state index in [1.165, 1.54) is 16.9 Å². The van der Waals surface area contributed by atoms with Gasteiger partial charge in [-0.05, 0) is 36.8 Å². The third-order valence-corrected chi connectivity index (χ3v) is 6.27. The van der Waals surface area contributed by atoms with Crippen molar-refractivity contribution in [2.24, 2.45) is 0 Å². The SMILES string of the molecule is COc1ccc(-n2c(CNC(=O)c3csc(C)n3)nnc2SCc2ccccc2)cc1. The molecule has 2 aromatic heterocycles. The van der Waals surface area contributed by atoms with E-state index >= 15 is 0 Å². The van der Waals surface area contributed by atoms with Gasteiger partial charge >= 0.3 is 0 Å². The second kappa shape index (κ2) is 9.76. The maximum absolute atomic E-state index is 12.4. The van der Waals surface area contributed by atoms with E-state index in [4.69, 9.17) is 4.74 Å². The normalized spacial score (nSPS) is 10.8. The molecule has 0 saturated carbocycles. The number of methoxy groups -OCH3 is 1. The van der Waals surface area contributed by atoms with Crippen LogP contribution in [0, 0.1) is 6.92 Å². The Kier molecular flexibility index (Phi) is 6.63. The molecule has 7 nitrogen and oxygen atoms in total. The number of rotatable bonds is 8. The van der Waals surface area contributed by atoms with Crippen LogP contribution in [0.3, 0.4) is 0 Å². The predicted octanol–water partition coefficient (Wildman–Crippen LogP) is 4.26. The van der Waals surface area contributed by atoms with Crippen LogP contribution in [0.1, 0.15) is 26.9 Å². The molecule has 0 aliphatic heterocycles. The van der Waals surface area contributed by atoms with Crippen LogP contribution in [0.4, 0.5) is 0 Å². The van der Waals surface area contributed by atoms with Gasteiger partial charge in [0.15, 0.2) is 11.0 Å². The summed E-state index contributed by atoms with van der Waals surface area (Å²) in [4.78, 5) is 16.7. The number of nitrogens with zero attached hydrogens (tertiary/aromatic N) is 4. The molecule has 0 unspecified atom stereocenters. The van der Waals surface area contributed by atoms with Crippen molar-refractivity contribution in [1.29, 1.82) is 0 Å². The highest BCUT2D eigenvalue weighted by atomic mass is 32.2. The molecule has 0 radical (unpaired) electrons. The maximum Gasteiger partial charge on any atom is 0.271 e. The molecule has 1 amide bonds. The van der Waals surface area contributed by atoms with Gasteiger partial charge in [-0.25, -0.2) is 4.98 Å². The largest absolute Gasteiger partial charge is 0.497 e. The van der Waals surface area contributed by atoms with Crippen molar-refractivity contribution in [3.63, 3.8) is 0 Å². The van der Waals surface area contributed by atoms with Gasteiger partial charge in [-0.1, -0.05) is 42.1 Å². The number of hydrogen-bond acceptors (Lipinski definition) is 7. The highest BCUT2D eigenvalue weighted by Gasteiger charge is 2.17. The summed E-state index contributed by atoms with van der Waals surface area (Å²) in [5, 5.41) is 15.0. The van der Waals surface area contributed by atoms with Gasteiger partial charge in [-0.2, -0.15) is 0 Å². The molecule has 9 heteroatoms. The number of nitrogens with one attached hydrogen (secondary N) is 1. The van der Waals surface area contributed by atoms with E-state index in [1.54, 1.807) is 24.3 Å². The molecule has 0 saturated heterocycles. The molecule has 0 bridgehead atoms. The van der Waals surface area contributed by atoms with Crippen LogP contribution in [-0.2, 0) is 12.3 Å². The average Bonchev–Trinajstić information content (AvgIpc) is 3.43. The van der Waals surface area contributed by atoms with Crippen molar-refractivity contribution in [3.05, 3.63) is 82.1 Å². The van der Waals surface area contributed by atoms with Crippen LogP contribution in [0.15, 0.2) is 65.1 Å². The lowest BCUT2D eigenvalue weighted by atomic mass is 10.2. The second-order valence-corrected chi connectivity index (χ2v) is 8.65. The summed E-state index contributed by atoms with van der Waals surface area (Å²) in [6, 6.07) is 17.9. The molecule has 0 aliphatic rings. The first kappa shape index (κ1) is 21.1. The Balaban J connectivity index is 1.57. The summed E-state index contributed by atoms with van der Waals surface area (Å²) in [5.74, 6) is 1.94. The molecule has 0 aliphatic carbocycles. The first-order valence-corrected chi connectivity index (χ1v) is 11.5. The van der Waals surface area contributed by atoms with Crippen LogP contribution >= 0.6 is 23.1 Å². The molecule has 31 heavy (non-hydrogen) atoms. The number of carbonyl (C=O) groups excluding carboxylic acids is 1. The van der Waals surface area contributed by atoms with Crippen LogP contribution < -0.4 is 10.1 Å². The van der Waals surface area contributed by atoms with Gasteiger partial charge in [0.2, 0.25) is 0 Å². The van der Waals surface area contributed by atoms with Gasteiger partial charge in [-0.3, -0.25) is 9.36 Å². The Bertz CT molecular complexity index is 1160. The molecule has 4 rings (SSSR count). The number of benzene rings is 2. The minimum absolute atomic E-state index is 0.230. The van der Waals surface area contributed by atoms with Crippen molar-refractivity contribution in [2.45, 2.75) is 24.4 Å². The maximum atomic E-state index is 12.4. The fraction of sp³-hybridized carbons (Fsp3) is 0.182. The molecule has 0 fully saturated rings. The highest BCUT2D eigenvalue weighted by Crippen LogP contribution is 2.26. The fourth-order valence-electron chi connectivity index (χ4n) is 2.94. The van der Waals surface area contributed by atoms with Crippen molar-refractivity contribution < 1.29 is 9.53 Å². The smallest absolute Gasteiger partial charge is 0.271 e. The van der Waals surface area contributed by atoms with E-state index in [0.717, 1.165) is 27.4 Å². The van der Waals surface area contributed by atoms with E-state index in [1.807, 2.05) is 54.0 Å². The van der Waals surface area contributed by atoms with Crippen LogP contribution in [0.5, 0.6) is 5.75 Å². The molecule has 2 heterocycles. The van der Waals surface area contributed by atoms with Gasteiger partial charge < -0.3 is 10.1 Å². The number of hydrogen-bond donors (Lipinski definition) is 1. The van der Waals surface area contributed by atoms with E-state index in [-0.39, 0.29) is 12.5 Å². The Hall–Kier alpha value is -3.17. The van der Waals surface area contributed by atoms with Crippen LogP contribution in [0.2, 0.25) is 0 Å². The Morgan fingerprint density at radius 2 is 1.90 bits per heavy atom. The number of ether oxygens (including phenoxy) is 1. The van der Waals surface area contributed by atoms with E-state index < -0.39 is 0 Å². The molecular formula is C22H21N5O2S2. The Morgan fingerprint density at radius 3 is 2.58 bits per heavy atom. The van der Waals surface area contributed by atoms with Crippen molar-refractivity contribution in [1.82, 2.24) is 25.1 Å². The summed E-state index contributed by atoms with van der Waals surface area (Å²) in [6.45, 7) is 2.11. The quantitative estimate of drug-likeness (QED) is 0.403. The highest BCUT2D eigenvalue weighted by molar-refractivity contribution is 7.98. The van der Waals surface area contributed by atoms with Crippen LogP contribution in [-0.4, -0.2) is 32.8 Å². The van der Waals surface area contributed by atoms with Gasteiger partial charge in [0.05, 0.1) is 18.7 Å². The minimum atomic E-state index is -0.230. The second-order valence-electron chi connectivity index (χ2n) is 6.64.